The van der Waals surface area contributed by atoms with Crippen molar-refractivity contribution < 1.29 is 14.3 Å². The van der Waals surface area contributed by atoms with Crippen LogP contribution >= 0.6 is 0 Å². The number of carbonyl (C=O) groups is 2. The zero-order valence-corrected chi connectivity index (χ0v) is 18.0. The lowest BCUT2D eigenvalue weighted by atomic mass is 10.0. The zero-order chi connectivity index (χ0) is 22.8. The Hall–Kier alpha value is -4.39. The first kappa shape index (κ1) is 20.5. The van der Waals surface area contributed by atoms with E-state index >= 15 is 0 Å². The highest BCUT2D eigenvalue weighted by Crippen LogP contribution is 2.30. The van der Waals surface area contributed by atoms with Gasteiger partial charge in [-0.25, -0.2) is 4.98 Å². The Balaban J connectivity index is 1.37. The quantitative estimate of drug-likeness (QED) is 0.447. The summed E-state index contributed by atoms with van der Waals surface area (Å²) in [4.78, 5) is 30.5. The van der Waals surface area contributed by atoms with E-state index in [0.29, 0.717) is 34.9 Å². The molecule has 0 saturated carbocycles. The molecule has 164 valence electrons. The fraction of sp³-hybridized carbons (Fsp3) is 0.115. The van der Waals surface area contributed by atoms with Gasteiger partial charge >= 0.3 is 0 Å². The van der Waals surface area contributed by atoms with Gasteiger partial charge in [-0.3, -0.25) is 9.59 Å². The van der Waals surface area contributed by atoms with Crippen molar-refractivity contribution in [3.05, 3.63) is 108 Å². The van der Waals surface area contributed by atoms with E-state index in [-0.39, 0.29) is 11.7 Å². The van der Waals surface area contributed by atoms with Gasteiger partial charge in [0.15, 0.2) is 5.78 Å². The predicted octanol–water partition coefficient (Wildman–Crippen LogP) is 4.54. The molecule has 1 atom stereocenters. The number of nitrogens with zero attached hydrogens (tertiary/aromatic N) is 2. The molecular formula is C26H22N4O3. The van der Waals surface area contributed by atoms with Gasteiger partial charge in [-0.15, -0.1) is 0 Å². The molecule has 0 saturated heterocycles. The minimum absolute atomic E-state index is 0.0956. The van der Waals surface area contributed by atoms with Crippen LogP contribution in [0, 0.1) is 0 Å². The molecule has 0 fully saturated rings. The molecule has 7 heteroatoms. The Morgan fingerprint density at radius 3 is 2.61 bits per heavy atom. The molecule has 0 radical (unpaired) electrons. The summed E-state index contributed by atoms with van der Waals surface area (Å²) in [5.41, 5.74) is 3.57. The molecule has 1 amide bonds. The van der Waals surface area contributed by atoms with Crippen LogP contribution in [0.25, 0.3) is 0 Å². The number of rotatable bonds is 5. The second kappa shape index (κ2) is 8.63. The smallest absolute Gasteiger partial charge is 0.259 e. The number of anilines is 2. The van der Waals surface area contributed by atoms with E-state index in [1.807, 2.05) is 35.0 Å². The summed E-state index contributed by atoms with van der Waals surface area (Å²) in [7, 11) is 1.53. The van der Waals surface area contributed by atoms with Crippen molar-refractivity contribution in [2.45, 2.75) is 12.6 Å². The maximum absolute atomic E-state index is 13.4. The molecule has 0 bridgehead atoms. The van der Waals surface area contributed by atoms with Gasteiger partial charge in [-0.2, -0.15) is 0 Å². The molecule has 1 unspecified atom stereocenters. The molecule has 1 aliphatic heterocycles. The monoisotopic (exact) mass is 438 g/mol. The number of Topliss-reactive ketones (excluding diaryl/α,β-unsaturated/α-hetero) is 1. The number of hydrogen-bond acceptors (Lipinski definition) is 5. The molecular weight excluding hydrogens is 416 g/mol. The predicted molar refractivity (Wildman–Crippen MR) is 126 cm³/mol. The van der Waals surface area contributed by atoms with Crippen LogP contribution in [0.5, 0.6) is 5.75 Å². The van der Waals surface area contributed by atoms with E-state index in [0.717, 1.165) is 11.3 Å². The van der Waals surface area contributed by atoms with Crippen LogP contribution in [-0.4, -0.2) is 28.4 Å². The number of amides is 1. The Kier molecular flexibility index (Phi) is 5.36. The van der Waals surface area contributed by atoms with Crippen LogP contribution in [0.1, 0.15) is 38.1 Å². The first-order valence-electron chi connectivity index (χ1n) is 10.6. The van der Waals surface area contributed by atoms with E-state index in [2.05, 4.69) is 15.6 Å². The molecule has 2 N–H and O–H groups in total. The lowest BCUT2D eigenvalue weighted by Crippen LogP contribution is -2.23. The van der Waals surface area contributed by atoms with Crippen molar-refractivity contribution in [3.8, 4) is 5.75 Å². The van der Waals surface area contributed by atoms with Gasteiger partial charge < -0.3 is 19.9 Å². The molecule has 0 aliphatic carbocycles. The van der Waals surface area contributed by atoms with E-state index in [4.69, 9.17) is 4.74 Å². The van der Waals surface area contributed by atoms with Crippen LogP contribution in [0.15, 0.2) is 85.2 Å². The van der Waals surface area contributed by atoms with Crippen LogP contribution in [0.3, 0.4) is 0 Å². The Labute approximate surface area is 191 Å². The molecule has 33 heavy (non-hydrogen) atoms. The van der Waals surface area contributed by atoms with E-state index in [1.54, 1.807) is 54.7 Å². The molecule has 2 heterocycles. The highest BCUT2D eigenvalue weighted by Gasteiger charge is 2.29. The Morgan fingerprint density at radius 2 is 1.79 bits per heavy atom. The lowest BCUT2D eigenvalue weighted by molar-refractivity contribution is 0.0965. The van der Waals surface area contributed by atoms with E-state index in [9.17, 15) is 9.59 Å². The minimum Gasteiger partial charge on any atom is -0.496 e. The summed E-state index contributed by atoms with van der Waals surface area (Å²) in [6.07, 6.45) is 3.59. The highest BCUT2D eigenvalue weighted by molar-refractivity contribution is 6.07. The van der Waals surface area contributed by atoms with Crippen LogP contribution < -0.4 is 15.4 Å². The van der Waals surface area contributed by atoms with Gasteiger partial charge in [-0.1, -0.05) is 30.3 Å². The number of nitrogens with one attached hydrogen (secondary N) is 2. The number of benzene rings is 3. The standard InChI is InChI=1S/C26H22N4O3/c1-33-22-9-5-3-7-20(22)26(32)28-19-12-10-17(11-13-19)24(31)23-25-27-14-15-30(25)16-18-6-2-4-8-21(18)29-23/h2-15,23,29H,16H2,1H3,(H,28,32). The molecule has 1 aromatic heterocycles. The second-order valence-electron chi connectivity index (χ2n) is 7.74. The maximum Gasteiger partial charge on any atom is 0.259 e. The van der Waals surface area contributed by atoms with Crippen LogP contribution in [0.2, 0.25) is 0 Å². The fourth-order valence-corrected chi connectivity index (χ4v) is 4.02. The Bertz CT molecular complexity index is 1330. The molecule has 5 rings (SSSR count). The third-order valence-electron chi connectivity index (χ3n) is 5.70. The number of fused-ring (bicyclic) bond motifs is 2. The van der Waals surface area contributed by atoms with E-state index in [1.165, 1.54) is 7.11 Å². The SMILES string of the molecule is COc1ccccc1C(=O)Nc1ccc(C(=O)C2Nc3ccccc3Cn3ccnc32)cc1. The zero-order valence-electron chi connectivity index (χ0n) is 18.0. The average molecular weight is 438 g/mol. The van der Waals surface area contributed by atoms with E-state index < -0.39 is 6.04 Å². The first-order valence-corrected chi connectivity index (χ1v) is 10.6. The molecule has 7 nitrogen and oxygen atoms in total. The number of methoxy groups -OCH3 is 1. The molecule has 4 aromatic rings. The molecule has 3 aromatic carbocycles. The van der Waals surface area contributed by atoms with Crippen molar-refractivity contribution >= 4 is 23.1 Å². The highest BCUT2D eigenvalue weighted by atomic mass is 16.5. The third-order valence-corrected chi connectivity index (χ3v) is 5.70. The van der Waals surface area contributed by atoms with Crippen molar-refractivity contribution in [1.29, 1.82) is 0 Å². The first-order chi connectivity index (χ1) is 16.1. The van der Waals surface area contributed by atoms with Crippen molar-refractivity contribution in [1.82, 2.24) is 9.55 Å². The normalized spacial score (nSPS) is 14.3. The second-order valence-corrected chi connectivity index (χ2v) is 7.74. The van der Waals surface area contributed by atoms with Gasteiger partial charge in [0, 0.05) is 29.3 Å². The average Bonchev–Trinajstić information content (AvgIpc) is 3.25. The van der Waals surface area contributed by atoms with Crippen molar-refractivity contribution in [2.24, 2.45) is 0 Å². The van der Waals surface area contributed by atoms with Gasteiger partial charge in [0.25, 0.3) is 5.91 Å². The third kappa shape index (κ3) is 3.96. The number of aromatic nitrogens is 2. The fourth-order valence-electron chi connectivity index (χ4n) is 4.02. The number of para-hydroxylation sites is 2. The summed E-state index contributed by atoms with van der Waals surface area (Å²) < 4.78 is 7.25. The largest absolute Gasteiger partial charge is 0.496 e. The van der Waals surface area contributed by atoms with Crippen molar-refractivity contribution in [2.75, 3.05) is 17.7 Å². The van der Waals surface area contributed by atoms with Gasteiger partial charge in [0.1, 0.15) is 17.6 Å². The topological polar surface area (TPSA) is 85.2 Å². The molecule has 0 spiro atoms. The lowest BCUT2D eigenvalue weighted by Gasteiger charge is -2.17. The summed E-state index contributed by atoms with van der Waals surface area (Å²) in [5.74, 6) is 0.791. The summed E-state index contributed by atoms with van der Waals surface area (Å²) in [6, 6.07) is 21.2. The van der Waals surface area contributed by atoms with Crippen molar-refractivity contribution in [3.63, 3.8) is 0 Å². The number of hydrogen-bond donors (Lipinski definition) is 2. The maximum atomic E-state index is 13.4. The number of imidazole rings is 1. The summed E-state index contributed by atoms with van der Waals surface area (Å²) in [5, 5.41) is 6.22. The molecule has 1 aliphatic rings. The van der Waals surface area contributed by atoms with Crippen LogP contribution in [0.4, 0.5) is 11.4 Å². The van der Waals surface area contributed by atoms with Crippen LogP contribution in [-0.2, 0) is 6.54 Å². The summed E-state index contributed by atoms with van der Waals surface area (Å²) in [6.45, 7) is 0.649. The Morgan fingerprint density at radius 1 is 1.03 bits per heavy atom. The van der Waals surface area contributed by atoms with Gasteiger partial charge in [0.2, 0.25) is 0 Å². The van der Waals surface area contributed by atoms with Gasteiger partial charge in [-0.05, 0) is 48.0 Å². The number of ketones is 1. The number of carbonyl (C=O) groups excluding carboxylic acids is 2. The van der Waals surface area contributed by atoms with Gasteiger partial charge in [0.05, 0.1) is 19.2 Å². The summed E-state index contributed by atoms with van der Waals surface area (Å²) >= 11 is 0. The minimum atomic E-state index is -0.613. The number of ether oxygens (including phenoxy) is 1.